The Morgan fingerprint density at radius 2 is 1.79 bits per heavy atom. The standard InChI is InChI=1S/C30H33F4N3O2/c1-5-11-29(12-6-2)18-25-26(24-10-8-7-9-20(24)3)37(14-13-36(25)27(29)38)28(39)35(4)19-21-15-22(30(32,33)34)17-23(31)16-21/h5-10,15-17,25-26H,1-2,11-14,18-19H2,3-4H3. The minimum absolute atomic E-state index is 0.0192. The molecule has 4 rings (SSSR count). The number of carbonyl (C=O) groups excluding carboxylic acids is 2. The van der Waals surface area contributed by atoms with Crippen LogP contribution in [0.3, 0.4) is 0 Å². The molecule has 3 amide bonds. The van der Waals surface area contributed by atoms with Crippen LogP contribution in [0.25, 0.3) is 0 Å². The number of urea groups is 1. The van der Waals surface area contributed by atoms with Crippen molar-refractivity contribution in [3.63, 3.8) is 0 Å². The van der Waals surface area contributed by atoms with Crippen molar-refractivity contribution in [2.24, 2.45) is 5.41 Å². The first-order valence-electron chi connectivity index (χ1n) is 12.9. The van der Waals surface area contributed by atoms with Gasteiger partial charge in [0, 0.05) is 26.7 Å². The molecule has 39 heavy (non-hydrogen) atoms. The molecule has 0 aromatic heterocycles. The van der Waals surface area contributed by atoms with Crippen molar-refractivity contribution < 1.29 is 27.2 Å². The van der Waals surface area contributed by atoms with E-state index in [2.05, 4.69) is 13.2 Å². The third-order valence-electron chi connectivity index (χ3n) is 7.85. The van der Waals surface area contributed by atoms with Gasteiger partial charge in [0.25, 0.3) is 0 Å². The predicted molar refractivity (Wildman–Crippen MR) is 141 cm³/mol. The van der Waals surface area contributed by atoms with Gasteiger partial charge in [-0.25, -0.2) is 9.18 Å². The Labute approximate surface area is 226 Å². The highest BCUT2D eigenvalue weighted by molar-refractivity contribution is 5.87. The Morgan fingerprint density at radius 3 is 2.41 bits per heavy atom. The van der Waals surface area contributed by atoms with Crippen LogP contribution in [-0.2, 0) is 17.5 Å². The van der Waals surface area contributed by atoms with Crippen LogP contribution in [0.15, 0.2) is 67.8 Å². The number of hydrogen-bond acceptors (Lipinski definition) is 2. The molecule has 2 heterocycles. The topological polar surface area (TPSA) is 43.9 Å². The minimum atomic E-state index is -4.70. The zero-order valence-electron chi connectivity index (χ0n) is 22.2. The third-order valence-corrected chi connectivity index (χ3v) is 7.85. The maximum atomic E-state index is 14.0. The summed E-state index contributed by atoms with van der Waals surface area (Å²) in [6.07, 6.45) is 0.265. The summed E-state index contributed by atoms with van der Waals surface area (Å²) in [6, 6.07) is 8.82. The van der Waals surface area contributed by atoms with Crippen molar-refractivity contribution in [3.05, 3.63) is 95.8 Å². The molecule has 0 aliphatic carbocycles. The van der Waals surface area contributed by atoms with Crippen molar-refractivity contribution in [1.82, 2.24) is 14.7 Å². The first-order valence-corrected chi connectivity index (χ1v) is 12.9. The minimum Gasteiger partial charge on any atom is -0.335 e. The summed E-state index contributed by atoms with van der Waals surface area (Å²) in [5, 5.41) is 0. The first kappa shape index (κ1) is 28.4. The van der Waals surface area contributed by atoms with E-state index in [4.69, 9.17) is 0 Å². The number of allylic oxidation sites excluding steroid dienone is 2. The molecule has 2 atom stereocenters. The number of nitrogens with zero attached hydrogens (tertiary/aromatic N) is 3. The van der Waals surface area contributed by atoms with Gasteiger partial charge < -0.3 is 14.7 Å². The zero-order valence-corrected chi connectivity index (χ0v) is 22.2. The lowest BCUT2D eigenvalue weighted by Crippen LogP contribution is -2.57. The van der Waals surface area contributed by atoms with Gasteiger partial charge in [-0.1, -0.05) is 36.4 Å². The quantitative estimate of drug-likeness (QED) is 0.296. The van der Waals surface area contributed by atoms with Crippen LogP contribution in [0.2, 0.25) is 0 Å². The lowest BCUT2D eigenvalue weighted by atomic mass is 9.76. The highest BCUT2D eigenvalue weighted by atomic mass is 19.4. The molecule has 2 saturated heterocycles. The summed E-state index contributed by atoms with van der Waals surface area (Å²) in [5.74, 6) is -0.997. The van der Waals surface area contributed by atoms with Crippen LogP contribution < -0.4 is 0 Å². The maximum absolute atomic E-state index is 14.0. The van der Waals surface area contributed by atoms with Gasteiger partial charge >= 0.3 is 12.2 Å². The summed E-state index contributed by atoms with van der Waals surface area (Å²) in [5.41, 5.74) is 0.114. The van der Waals surface area contributed by atoms with E-state index >= 15 is 0 Å². The Morgan fingerprint density at radius 1 is 1.13 bits per heavy atom. The molecule has 0 saturated carbocycles. The van der Waals surface area contributed by atoms with E-state index in [1.807, 2.05) is 36.1 Å². The summed E-state index contributed by atoms with van der Waals surface area (Å²) in [7, 11) is 1.49. The van der Waals surface area contributed by atoms with Crippen LogP contribution in [0.5, 0.6) is 0 Å². The Kier molecular flexibility index (Phi) is 7.91. The van der Waals surface area contributed by atoms with Crippen molar-refractivity contribution in [2.45, 2.75) is 51.0 Å². The van der Waals surface area contributed by atoms with Crippen molar-refractivity contribution in [1.29, 1.82) is 0 Å². The predicted octanol–water partition coefficient (Wildman–Crippen LogP) is 6.50. The second-order valence-corrected chi connectivity index (χ2v) is 10.5. The van der Waals surface area contributed by atoms with Gasteiger partial charge in [-0.15, -0.1) is 13.2 Å². The van der Waals surface area contributed by atoms with Gasteiger partial charge in [-0.2, -0.15) is 13.2 Å². The monoisotopic (exact) mass is 543 g/mol. The smallest absolute Gasteiger partial charge is 0.335 e. The average Bonchev–Trinajstić information content (AvgIpc) is 3.14. The summed E-state index contributed by atoms with van der Waals surface area (Å²) >= 11 is 0. The van der Waals surface area contributed by atoms with E-state index in [0.717, 1.165) is 23.3 Å². The highest BCUT2D eigenvalue weighted by Crippen LogP contribution is 2.49. The van der Waals surface area contributed by atoms with Crippen molar-refractivity contribution in [3.8, 4) is 0 Å². The average molecular weight is 544 g/mol. The zero-order chi connectivity index (χ0) is 28.5. The fraction of sp³-hybridized carbons (Fsp3) is 0.400. The molecule has 0 N–H and O–H groups in total. The first-order chi connectivity index (χ1) is 18.4. The van der Waals surface area contributed by atoms with Crippen molar-refractivity contribution >= 4 is 11.9 Å². The molecule has 2 unspecified atom stereocenters. The number of fused-ring (bicyclic) bond motifs is 1. The normalized spacial score (nSPS) is 20.5. The highest BCUT2D eigenvalue weighted by Gasteiger charge is 2.56. The number of halogens is 4. The number of alkyl halides is 3. The molecular formula is C30H33F4N3O2. The van der Waals surface area contributed by atoms with E-state index in [0.29, 0.717) is 31.9 Å². The molecule has 2 aliphatic heterocycles. The van der Waals surface area contributed by atoms with Gasteiger partial charge in [-0.3, -0.25) is 4.79 Å². The van der Waals surface area contributed by atoms with Crippen LogP contribution in [-0.4, -0.2) is 52.8 Å². The molecule has 2 aromatic rings. The fourth-order valence-corrected chi connectivity index (χ4v) is 6.12. The molecule has 0 radical (unpaired) electrons. The summed E-state index contributed by atoms with van der Waals surface area (Å²) < 4.78 is 53.7. The van der Waals surface area contributed by atoms with E-state index in [1.54, 1.807) is 17.1 Å². The fourth-order valence-electron chi connectivity index (χ4n) is 6.12. The molecule has 2 aliphatic rings. The van der Waals surface area contributed by atoms with Gasteiger partial charge in [0.15, 0.2) is 0 Å². The largest absolute Gasteiger partial charge is 0.416 e. The number of aryl methyl sites for hydroxylation is 1. The molecular weight excluding hydrogens is 510 g/mol. The van der Waals surface area contributed by atoms with E-state index in [-0.39, 0.29) is 30.6 Å². The Hall–Kier alpha value is -3.62. The van der Waals surface area contributed by atoms with E-state index < -0.39 is 35.0 Å². The van der Waals surface area contributed by atoms with Crippen LogP contribution in [0.4, 0.5) is 22.4 Å². The van der Waals surface area contributed by atoms with Crippen molar-refractivity contribution in [2.75, 3.05) is 20.1 Å². The number of piperazine rings is 1. The molecule has 2 aromatic carbocycles. The molecule has 0 spiro atoms. The Balaban J connectivity index is 1.68. The lowest BCUT2D eigenvalue weighted by Gasteiger charge is -2.46. The number of hydrogen-bond donors (Lipinski definition) is 0. The molecule has 208 valence electrons. The van der Waals surface area contributed by atoms with Gasteiger partial charge in [-0.05, 0) is 61.1 Å². The molecule has 0 bridgehead atoms. The Bertz CT molecular complexity index is 1270. The number of amides is 3. The summed E-state index contributed by atoms with van der Waals surface area (Å²) in [4.78, 5) is 32.4. The van der Waals surface area contributed by atoms with Crippen LogP contribution in [0, 0.1) is 18.2 Å². The van der Waals surface area contributed by atoms with Gasteiger partial charge in [0.1, 0.15) is 5.82 Å². The number of rotatable bonds is 7. The van der Waals surface area contributed by atoms with Gasteiger partial charge in [0.2, 0.25) is 5.91 Å². The maximum Gasteiger partial charge on any atom is 0.416 e. The number of carbonyl (C=O) groups is 2. The summed E-state index contributed by atoms with van der Waals surface area (Å²) in [6.45, 7) is 10.0. The second-order valence-electron chi connectivity index (χ2n) is 10.5. The van der Waals surface area contributed by atoms with Gasteiger partial charge in [0.05, 0.1) is 23.1 Å². The SMILES string of the molecule is C=CCC1(CC=C)CC2C(c3ccccc3C)N(C(=O)N(C)Cc3cc(F)cc(C(F)(F)F)c3)CCN2C1=O. The number of benzene rings is 2. The second kappa shape index (κ2) is 10.9. The van der Waals surface area contributed by atoms with Crippen LogP contribution in [0.1, 0.15) is 47.6 Å². The lowest BCUT2D eigenvalue weighted by molar-refractivity contribution is -0.139. The molecule has 5 nitrogen and oxygen atoms in total. The molecule has 9 heteroatoms. The van der Waals surface area contributed by atoms with E-state index in [1.165, 1.54) is 11.9 Å². The third kappa shape index (κ3) is 5.44. The van der Waals surface area contributed by atoms with E-state index in [9.17, 15) is 27.2 Å². The van der Waals surface area contributed by atoms with Crippen LogP contribution >= 0.6 is 0 Å². The molecule has 2 fully saturated rings.